The molecule has 0 saturated heterocycles. The number of rotatable bonds is 2. The van der Waals surface area contributed by atoms with Crippen LogP contribution in [0.5, 0.6) is 0 Å². The Balaban J connectivity index is 1.87. The van der Waals surface area contributed by atoms with Gasteiger partial charge in [-0.25, -0.2) is 0 Å². The molecular formula is C18H17Br3. The average Bonchev–Trinajstić information content (AvgIpc) is 2.50. The fraction of sp³-hybridized carbons (Fsp3) is 0.333. The molecule has 21 heavy (non-hydrogen) atoms. The second-order valence-corrected chi connectivity index (χ2v) is 8.49. The van der Waals surface area contributed by atoms with Gasteiger partial charge in [0.25, 0.3) is 0 Å². The highest BCUT2D eigenvalue weighted by Crippen LogP contribution is 2.43. The van der Waals surface area contributed by atoms with E-state index in [1.807, 2.05) is 0 Å². The predicted octanol–water partition coefficient (Wildman–Crippen LogP) is 6.76. The summed E-state index contributed by atoms with van der Waals surface area (Å²) in [5, 5.41) is 0. The summed E-state index contributed by atoms with van der Waals surface area (Å²) in [6.07, 6.45) is 3.59. The van der Waals surface area contributed by atoms with E-state index in [2.05, 4.69) is 91.1 Å². The molecule has 110 valence electrons. The van der Waals surface area contributed by atoms with Crippen molar-refractivity contribution in [2.45, 2.75) is 31.0 Å². The van der Waals surface area contributed by atoms with Crippen molar-refractivity contribution in [3.8, 4) is 0 Å². The summed E-state index contributed by atoms with van der Waals surface area (Å²) in [4.78, 5) is 0.386. The van der Waals surface area contributed by atoms with Gasteiger partial charge in [0, 0.05) is 13.8 Å². The Bertz CT molecular complexity index is 664. The first-order valence-corrected chi connectivity index (χ1v) is 9.73. The van der Waals surface area contributed by atoms with E-state index in [-0.39, 0.29) is 0 Å². The molecule has 0 aromatic heterocycles. The summed E-state index contributed by atoms with van der Waals surface area (Å²) in [6, 6.07) is 13.3. The van der Waals surface area contributed by atoms with E-state index >= 15 is 0 Å². The van der Waals surface area contributed by atoms with Crippen LogP contribution in [0.2, 0.25) is 0 Å². The Morgan fingerprint density at radius 3 is 2.52 bits per heavy atom. The third kappa shape index (κ3) is 3.30. The van der Waals surface area contributed by atoms with Crippen molar-refractivity contribution in [2.75, 3.05) is 0 Å². The molecule has 3 rings (SSSR count). The van der Waals surface area contributed by atoms with E-state index in [4.69, 9.17) is 0 Å². The van der Waals surface area contributed by atoms with Crippen LogP contribution in [-0.2, 0) is 12.8 Å². The first kappa shape index (κ1) is 15.8. The first-order valence-electron chi connectivity index (χ1n) is 7.22. The molecule has 0 fully saturated rings. The number of aryl methyl sites for hydroxylation is 2. The molecule has 3 heteroatoms. The highest BCUT2D eigenvalue weighted by atomic mass is 79.9. The summed E-state index contributed by atoms with van der Waals surface area (Å²) in [5.41, 5.74) is 5.65. The average molecular weight is 473 g/mol. The van der Waals surface area contributed by atoms with Crippen LogP contribution in [-0.4, -0.2) is 0 Å². The Kier molecular flexibility index (Phi) is 4.92. The largest absolute Gasteiger partial charge is 0.0835 e. The van der Waals surface area contributed by atoms with Crippen LogP contribution in [0.15, 0.2) is 45.3 Å². The van der Waals surface area contributed by atoms with E-state index in [1.165, 1.54) is 44.0 Å². The molecule has 2 unspecified atom stereocenters. The standard InChI is InChI=1S/C18H17Br3/c1-11-8-17(20)15(10-16(11)19)18(21)14-7-6-12-4-2-3-5-13(12)9-14/h2-5,8,10,14,18H,6-7,9H2,1H3. The second kappa shape index (κ2) is 6.55. The molecular weight excluding hydrogens is 456 g/mol. The lowest BCUT2D eigenvalue weighted by Crippen LogP contribution is -2.18. The van der Waals surface area contributed by atoms with Gasteiger partial charge in [-0.15, -0.1) is 0 Å². The SMILES string of the molecule is Cc1cc(Br)c(C(Br)C2CCc3ccccc3C2)cc1Br. The molecule has 0 nitrogen and oxygen atoms in total. The van der Waals surface area contributed by atoms with Crippen LogP contribution in [0, 0.1) is 12.8 Å². The normalized spacial score (nSPS) is 19.1. The molecule has 0 saturated carbocycles. The maximum absolute atomic E-state index is 3.96. The molecule has 0 N–H and O–H groups in total. The summed E-state index contributed by atoms with van der Waals surface area (Å²) in [6.45, 7) is 2.12. The van der Waals surface area contributed by atoms with Crippen LogP contribution in [0.25, 0.3) is 0 Å². The molecule has 0 heterocycles. The summed E-state index contributed by atoms with van der Waals surface area (Å²) >= 11 is 11.3. The molecule has 0 bridgehead atoms. The highest BCUT2D eigenvalue weighted by Gasteiger charge is 2.27. The minimum Gasteiger partial charge on any atom is -0.0835 e. The molecule has 1 aliphatic carbocycles. The molecule has 0 spiro atoms. The number of benzene rings is 2. The third-order valence-corrected chi connectivity index (χ3v) is 7.16. The van der Waals surface area contributed by atoms with Crippen molar-refractivity contribution in [3.05, 3.63) is 67.6 Å². The van der Waals surface area contributed by atoms with Crippen molar-refractivity contribution in [3.63, 3.8) is 0 Å². The van der Waals surface area contributed by atoms with Gasteiger partial charge in [0.1, 0.15) is 0 Å². The van der Waals surface area contributed by atoms with Crippen molar-refractivity contribution in [1.82, 2.24) is 0 Å². The molecule has 2 aromatic rings. The third-order valence-electron chi connectivity index (χ3n) is 4.37. The Morgan fingerprint density at radius 1 is 1.05 bits per heavy atom. The number of halogens is 3. The molecule has 0 radical (unpaired) electrons. The van der Waals surface area contributed by atoms with Crippen LogP contribution in [0.1, 0.15) is 33.5 Å². The summed E-state index contributed by atoms with van der Waals surface area (Å²) in [5.74, 6) is 0.644. The lowest BCUT2D eigenvalue weighted by atomic mass is 9.81. The van der Waals surface area contributed by atoms with E-state index in [0.29, 0.717) is 10.7 Å². The zero-order valence-electron chi connectivity index (χ0n) is 11.9. The van der Waals surface area contributed by atoms with Crippen LogP contribution < -0.4 is 0 Å². The Morgan fingerprint density at radius 2 is 1.76 bits per heavy atom. The van der Waals surface area contributed by atoms with E-state index in [0.717, 1.165) is 6.42 Å². The Hall–Kier alpha value is -0.120. The topological polar surface area (TPSA) is 0 Å². The van der Waals surface area contributed by atoms with E-state index in [1.54, 1.807) is 0 Å². The molecule has 2 atom stereocenters. The minimum atomic E-state index is 0.386. The van der Waals surface area contributed by atoms with Crippen molar-refractivity contribution in [2.24, 2.45) is 5.92 Å². The van der Waals surface area contributed by atoms with Crippen molar-refractivity contribution in [1.29, 1.82) is 0 Å². The number of hydrogen-bond acceptors (Lipinski definition) is 0. The van der Waals surface area contributed by atoms with Gasteiger partial charge in [0.2, 0.25) is 0 Å². The van der Waals surface area contributed by atoms with Crippen LogP contribution in [0.3, 0.4) is 0 Å². The van der Waals surface area contributed by atoms with Gasteiger partial charge in [-0.05, 0) is 66.5 Å². The molecule has 0 aliphatic heterocycles. The van der Waals surface area contributed by atoms with Gasteiger partial charge in [0.05, 0.1) is 0 Å². The van der Waals surface area contributed by atoms with Crippen LogP contribution >= 0.6 is 47.8 Å². The fourth-order valence-electron chi connectivity index (χ4n) is 3.10. The smallest absolute Gasteiger partial charge is 0.0438 e. The van der Waals surface area contributed by atoms with Gasteiger partial charge in [-0.1, -0.05) is 72.1 Å². The van der Waals surface area contributed by atoms with Gasteiger partial charge in [-0.2, -0.15) is 0 Å². The highest BCUT2D eigenvalue weighted by molar-refractivity contribution is 9.11. The maximum Gasteiger partial charge on any atom is 0.0438 e. The molecule has 2 aromatic carbocycles. The lowest BCUT2D eigenvalue weighted by Gasteiger charge is -2.29. The van der Waals surface area contributed by atoms with E-state index in [9.17, 15) is 0 Å². The quantitative estimate of drug-likeness (QED) is 0.423. The van der Waals surface area contributed by atoms with Crippen LogP contribution in [0.4, 0.5) is 0 Å². The molecule has 0 amide bonds. The number of alkyl halides is 1. The maximum atomic E-state index is 3.96. The minimum absolute atomic E-state index is 0.386. The second-order valence-electron chi connectivity index (χ2n) is 5.80. The van der Waals surface area contributed by atoms with Gasteiger partial charge in [0.15, 0.2) is 0 Å². The van der Waals surface area contributed by atoms with Crippen molar-refractivity contribution < 1.29 is 0 Å². The Labute approximate surface area is 151 Å². The number of fused-ring (bicyclic) bond motifs is 1. The van der Waals surface area contributed by atoms with E-state index < -0.39 is 0 Å². The lowest BCUT2D eigenvalue weighted by molar-refractivity contribution is 0.452. The van der Waals surface area contributed by atoms with Crippen molar-refractivity contribution >= 4 is 47.8 Å². The first-order chi connectivity index (χ1) is 10.1. The zero-order valence-corrected chi connectivity index (χ0v) is 16.6. The molecule has 1 aliphatic rings. The summed E-state index contributed by atoms with van der Waals surface area (Å²) < 4.78 is 2.38. The summed E-state index contributed by atoms with van der Waals surface area (Å²) in [7, 11) is 0. The fourth-order valence-corrected chi connectivity index (χ4v) is 5.31. The number of hydrogen-bond donors (Lipinski definition) is 0. The monoisotopic (exact) mass is 470 g/mol. The van der Waals surface area contributed by atoms with Gasteiger partial charge in [-0.3, -0.25) is 0 Å². The predicted molar refractivity (Wildman–Crippen MR) is 100 cm³/mol. The zero-order chi connectivity index (χ0) is 15.0. The van der Waals surface area contributed by atoms with Gasteiger partial charge < -0.3 is 0 Å². The van der Waals surface area contributed by atoms with Gasteiger partial charge >= 0.3 is 0 Å².